The lowest BCUT2D eigenvalue weighted by atomic mass is 10.1. The van der Waals surface area contributed by atoms with Crippen LogP contribution in [0.5, 0.6) is 0 Å². The number of tetrazole rings is 1. The van der Waals surface area contributed by atoms with Gasteiger partial charge in [-0.2, -0.15) is 0 Å². The first-order valence-electron chi connectivity index (χ1n) is 5.10. The Labute approximate surface area is 94.0 Å². The molecule has 0 saturated heterocycles. The molecule has 1 heterocycles. The van der Waals surface area contributed by atoms with Gasteiger partial charge in [0.15, 0.2) is 5.82 Å². The fraction of sp³-hybridized carbons (Fsp3) is 0.778. The van der Waals surface area contributed by atoms with Crippen molar-refractivity contribution in [3.63, 3.8) is 0 Å². The molecule has 0 aliphatic rings. The zero-order chi connectivity index (χ0) is 12.1. The number of aliphatic carboxylic acids is 1. The van der Waals surface area contributed by atoms with Gasteiger partial charge < -0.3 is 10.0 Å². The van der Waals surface area contributed by atoms with Gasteiger partial charge in [-0.3, -0.25) is 4.79 Å². The summed E-state index contributed by atoms with van der Waals surface area (Å²) in [4.78, 5) is 12.5. The average Bonchev–Trinajstić information content (AvgIpc) is 2.50. The van der Waals surface area contributed by atoms with Crippen LogP contribution in [0.25, 0.3) is 0 Å². The topological polar surface area (TPSA) is 84.1 Å². The Morgan fingerprint density at radius 1 is 1.56 bits per heavy atom. The Bertz CT molecular complexity index is 349. The molecule has 0 aromatic carbocycles. The zero-order valence-corrected chi connectivity index (χ0v) is 9.79. The Morgan fingerprint density at radius 3 is 2.81 bits per heavy atom. The molecule has 7 heteroatoms. The summed E-state index contributed by atoms with van der Waals surface area (Å²) in [7, 11) is 3.86. The second-order valence-corrected chi connectivity index (χ2v) is 4.22. The molecule has 90 valence electrons. The third-order valence-corrected chi connectivity index (χ3v) is 2.07. The standard InChI is InChI=1S/C9H17N5O2/c1-7(4-9(15)16)5-14-8(6-13(2)3)10-11-12-14/h7H,4-6H2,1-3H3,(H,15,16). The molecule has 1 atom stereocenters. The van der Waals surface area contributed by atoms with Gasteiger partial charge in [-0.25, -0.2) is 4.68 Å². The average molecular weight is 227 g/mol. The molecule has 1 aromatic rings. The summed E-state index contributed by atoms with van der Waals surface area (Å²) in [5, 5.41) is 20.0. The molecule has 0 aliphatic heterocycles. The SMILES string of the molecule is CC(CC(=O)O)Cn1nnnc1CN(C)C. The maximum atomic E-state index is 10.5. The van der Waals surface area contributed by atoms with Crippen molar-refractivity contribution in [1.29, 1.82) is 0 Å². The third kappa shape index (κ3) is 3.93. The minimum atomic E-state index is -0.797. The van der Waals surface area contributed by atoms with Crippen molar-refractivity contribution >= 4 is 5.97 Å². The van der Waals surface area contributed by atoms with Crippen molar-refractivity contribution in [1.82, 2.24) is 25.1 Å². The van der Waals surface area contributed by atoms with Crippen molar-refractivity contribution in [2.24, 2.45) is 5.92 Å². The number of carboxylic acids is 1. The zero-order valence-electron chi connectivity index (χ0n) is 9.79. The highest BCUT2D eigenvalue weighted by Crippen LogP contribution is 2.06. The fourth-order valence-electron chi connectivity index (χ4n) is 1.42. The second kappa shape index (κ2) is 5.55. The minimum absolute atomic E-state index is 0.0157. The van der Waals surface area contributed by atoms with E-state index in [1.165, 1.54) is 0 Å². The van der Waals surface area contributed by atoms with E-state index in [0.29, 0.717) is 13.1 Å². The van der Waals surface area contributed by atoms with Gasteiger partial charge in [0.2, 0.25) is 0 Å². The lowest BCUT2D eigenvalue weighted by Crippen LogP contribution is -2.19. The van der Waals surface area contributed by atoms with E-state index in [1.807, 2.05) is 25.9 Å². The van der Waals surface area contributed by atoms with Crippen LogP contribution < -0.4 is 0 Å². The maximum absolute atomic E-state index is 10.5. The highest BCUT2D eigenvalue weighted by Gasteiger charge is 2.13. The van der Waals surface area contributed by atoms with Crippen LogP contribution in [0, 0.1) is 5.92 Å². The first-order valence-corrected chi connectivity index (χ1v) is 5.10. The molecule has 0 saturated carbocycles. The largest absolute Gasteiger partial charge is 0.481 e. The van der Waals surface area contributed by atoms with Crippen LogP contribution >= 0.6 is 0 Å². The number of nitrogens with zero attached hydrogens (tertiary/aromatic N) is 5. The summed E-state index contributed by atoms with van der Waals surface area (Å²) in [6, 6.07) is 0. The van der Waals surface area contributed by atoms with E-state index in [-0.39, 0.29) is 12.3 Å². The lowest BCUT2D eigenvalue weighted by molar-refractivity contribution is -0.138. The molecule has 7 nitrogen and oxygen atoms in total. The minimum Gasteiger partial charge on any atom is -0.481 e. The van der Waals surface area contributed by atoms with Gasteiger partial charge in [0.25, 0.3) is 0 Å². The Balaban J connectivity index is 2.59. The monoisotopic (exact) mass is 227 g/mol. The first kappa shape index (κ1) is 12.6. The van der Waals surface area contributed by atoms with Crippen molar-refractivity contribution in [3.05, 3.63) is 5.82 Å². The van der Waals surface area contributed by atoms with E-state index >= 15 is 0 Å². The first-order chi connectivity index (χ1) is 7.49. The highest BCUT2D eigenvalue weighted by molar-refractivity contribution is 5.66. The van der Waals surface area contributed by atoms with Crippen molar-refractivity contribution in [2.75, 3.05) is 14.1 Å². The molecule has 0 bridgehead atoms. The van der Waals surface area contributed by atoms with Crippen molar-refractivity contribution in [3.8, 4) is 0 Å². The summed E-state index contributed by atoms with van der Waals surface area (Å²) < 4.78 is 1.66. The molecule has 0 fully saturated rings. The van der Waals surface area contributed by atoms with E-state index in [2.05, 4.69) is 15.5 Å². The fourth-order valence-corrected chi connectivity index (χ4v) is 1.42. The predicted molar refractivity (Wildman–Crippen MR) is 56.6 cm³/mol. The highest BCUT2D eigenvalue weighted by atomic mass is 16.4. The second-order valence-electron chi connectivity index (χ2n) is 4.22. The number of hydrogen-bond acceptors (Lipinski definition) is 5. The summed E-state index contributed by atoms with van der Waals surface area (Å²) in [6.45, 7) is 3.05. The van der Waals surface area contributed by atoms with Crippen LogP contribution in [0.3, 0.4) is 0 Å². The summed E-state index contributed by atoms with van der Waals surface area (Å²) in [5.41, 5.74) is 0. The van der Waals surface area contributed by atoms with Gasteiger partial charge in [-0.05, 0) is 30.4 Å². The van der Waals surface area contributed by atoms with E-state index < -0.39 is 5.97 Å². The quantitative estimate of drug-likeness (QED) is 0.727. The molecule has 1 rings (SSSR count). The number of carboxylic acid groups (broad SMARTS) is 1. The number of rotatable bonds is 6. The number of hydrogen-bond donors (Lipinski definition) is 1. The van der Waals surface area contributed by atoms with Gasteiger partial charge in [0, 0.05) is 13.0 Å². The summed E-state index contributed by atoms with van der Waals surface area (Å²) >= 11 is 0. The molecular formula is C9H17N5O2. The molecule has 1 unspecified atom stereocenters. The van der Waals surface area contributed by atoms with Crippen molar-refractivity contribution < 1.29 is 9.90 Å². The molecule has 1 aromatic heterocycles. The number of carbonyl (C=O) groups is 1. The smallest absolute Gasteiger partial charge is 0.303 e. The van der Waals surface area contributed by atoms with Gasteiger partial charge in [-0.1, -0.05) is 6.92 Å². The lowest BCUT2D eigenvalue weighted by Gasteiger charge is -2.12. The van der Waals surface area contributed by atoms with Gasteiger partial charge >= 0.3 is 5.97 Å². The predicted octanol–water partition coefficient (Wildman–Crippen LogP) is -0.154. The van der Waals surface area contributed by atoms with E-state index in [9.17, 15) is 4.79 Å². The Kier molecular flexibility index (Phi) is 4.36. The van der Waals surface area contributed by atoms with Crippen LogP contribution in [-0.4, -0.2) is 50.3 Å². The van der Waals surface area contributed by atoms with Crippen molar-refractivity contribution in [2.45, 2.75) is 26.4 Å². The normalized spacial score (nSPS) is 13.0. The van der Waals surface area contributed by atoms with E-state index in [0.717, 1.165) is 5.82 Å². The van der Waals surface area contributed by atoms with Gasteiger partial charge in [-0.15, -0.1) is 5.10 Å². The Morgan fingerprint density at radius 2 is 2.25 bits per heavy atom. The number of aromatic nitrogens is 4. The molecule has 1 N–H and O–H groups in total. The van der Waals surface area contributed by atoms with Crippen LogP contribution in [0.4, 0.5) is 0 Å². The van der Waals surface area contributed by atoms with Gasteiger partial charge in [0.05, 0.1) is 6.54 Å². The molecule has 0 spiro atoms. The van der Waals surface area contributed by atoms with Crippen LogP contribution in [0.1, 0.15) is 19.2 Å². The molecule has 16 heavy (non-hydrogen) atoms. The van der Waals surface area contributed by atoms with Gasteiger partial charge in [0.1, 0.15) is 0 Å². The Hall–Kier alpha value is -1.50. The van der Waals surface area contributed by atoms with E-state index in [1.54, 1.807) is 4.68 Å². The van der Waals surface area contributed by atoms with Crippen LogP contribution in [0.2, 0.25) is 0 Å². The summed E-state index contributed by atoms with van der Waals surface area (Å²) in [5.74, 6) is -0.0288. The summed E-state index contributed by atoms with van der Waals surface area (Å²) in [6.07, 6.45) is 0.126. The molecular weight excluding hydrogens is 210 g/mol. The molecule has 0 radical (unpaired) electrons. The molecule has 0 aliphatic carbocycles. The van der Waals surface area contributed by atoms with Crippen LogP contribution in [-0.2, 0) is 17.9 Å². The van der Waals surface area contributed by atoms with E-state index in [4.69, 9.17) is 5.11 Å². The van der Waals surface area contributed by atoms with Crippen LogP contribution in [0.15, 0.2) is 0 Å². The molecule has 0 amide bonds. The third-order valence-electron chi connectivity index (χ3n) is 2.07. The maximum Gasteiger partial charge on any atom is 0.303 e.